The van der Waals surface area contributed by atoms with E-state index in [9.17, 15) is 17.6 Å². The summed E-state index contributed by atoms with van der Waals surface area (Å²) < 4.78 is 47.2. The molecule has 0 spiro atoms. The van der Waals surface area contributed by atoms with Crippen LogP contribution < -0.4 is 15.2 Å². The van der Waals surface area contributed by atoms with E-state index in [1.807, 2.05) is 13.0 Å². The molecule has 3 N–H and O–H groups in total. The standard InChI is InChI=1S/C28H32FN5O4S/c1-18(31-2)23-12-13-24(28(35)34(26(23)14-15-30)21-6-4-5-7-21)19-16-25(27(38-3)32-17-19)33-39(36,37)22-10-8-20(29)9-11-22/h8-11,13-14,16-17,21,33H,2,4-7,12,15,30H2,1,3H3/b23-18-,26-14+. The molecule has 1 aromatic heterocycles. The second kappa shape index (κ2) is 11.9. The van der Waals surface area contributed by atoms with Crippen LogP contribution in [0.25, 0.3) is 5.57 Å². The molecule has 2 heterocycles. The minimum absolute atomic E-state index is 0.00734. The van der Waals surface area contributed by atoms with Gasteiger partial charge < -0.3 is 15.4 Å². The number of anilines is 1. The van der Waals surface area contributed by atoms with E-state index < -0.39 is 15.8 Å². The fourth-order valence-electron chi connectivity index (χ4n) is 4.96. The van der Waals surface area contributed by atoms with E-state index in [0.29, 0.717) is 23.3 Å². The molecule has 1 aromatic carbocycles. The Balaban J connectivity index is 1.80. The maximum Gasteiger partial charge on any atom is 0.262 e. The summed E-state index contributed by atoms with van der Waals surface area (Å²) in [6, 6.07) is 5.95. The Hall–Kier alpha value is -3.83. The van der Waals surface area contributed by atoms with Crippen molar-refractivity contribution in [1.82, 2.24) is 9.88 Å². The quantitative estimate of drug-likeness (QED) is 0.467. The summed E-state index contributed by atoms with van der Waals surface area (Å²) in [5, 5.41) is 0. The van der Waals surface area contributed by atoms with Crippen LogP contribution in [0, 0.1) is 5.82 Å². The summed E-state index contributed by atoms with van der Waals surface area (Å²) in [5.41, 5.74) is 9.03. The molecule has 1 amide bonds. The Kier molecular flexibility index (Phi) is 8.61. The first-order valence-electron chi connectivity index (χ1n) is 12.6. The lowest BCUT2D eigenvalue weighted by Crippen LogP contribution is -2.38. The van der Waals surface area contributed by atoms with Crippen LogP contribution in [0.2, 0.25) is 0 Å². The lowest BCUT2D eigenvalue weighted by molar-refractivity contribution is -0.124. The highest BCUT2D eigenvalue weighted by atomic mass is 32.2. The van der Waals surface area contributed by atoms with Crippen molar-refractivity contribution in [2.75, 3.05) is 18.4 Å². The van der Waals surface area contributed by atoms with E-state index in [1.165, 1.54) is 19.4 Å². The number of nitrogens with one attached hydrogen (secondary N) is 1. The number of aliphatic imine (C=N–C) groups is 1. The SMILES string of the molecule is C=N/C(C)=C1/CC=C(c2cnc(OC)c(NS(=O)(=O)c3ccc(F)cc3)c2)C(=O)N(C2CCCC2)/C1=C/CN. The zero-order chi connectivity index (χ0) is 28.2. The highest BCUT2D eigenvalue weighted by Crippen LogP contribution is 2.38. The largest absolute Gasteiger partial charge is 0.480 e. The average molecular weight is 554 g/mol. The summed E-state index contributed by atoms with van der Waals surface area (Å²) in [7, 11) is -2.73. The fraction of sp³-hybridized carbons (Fsp3) is 0.321. The van der Waals surface area contributed by atoms with Gasteiger partial charge in [0.05, 0.1) is 12.0 Å². The first-order chi connectivity index (χ1) is 18.7. The van der Waals surface area contributed by atoms with E-state index >= 15 is 0 Å². The second-order valence-corrected chi connectivity index (χ2v) is 11.0. The Morgan fingerprint density at radius 1 is 1.31 bits per heavy atom. The zero-order valence-electron chi connectivity index (χ0n) is 22.0. The van der Waals surface area contributed by atoms with Crippen LogP contribution >= 0.6 is 0 Å². The van der Waals surface area contributed by atoms with Gasteiger partial charge in [0.15, 0.2) is 0 Å². The number of benzene rings is 1. The van der Waals surface area contributed by atoms with E-state index in [1.54, 1.807) is 11.0 Å². The van der Waals surface area contributed by atoms with E-state index in [2.05, 4.69) is 21.4 Å². The molecule has 1 aliphatic heterocycles. The molecule has 11 heteroatoms. The summed E-state index contributed by atoms with van der Waals surface area (Å²) in [5.74, 6) is -0.762. The molecule has 0 unspecified atom stereocenters. The van der Waals surface area contributed by atoms with E-state index in [4.69, 9.17) is 10.5 Å². The van der Waals surface area contributed by atoms with Crippen molar-refractivity contribution in [1.29, 1.82) is 0 Å². The third kappa shape index (κ3) is 5.94. The minimum atomic E-state index is -4.10. The van der Waals surface area contributed by atoms with Crippen LogP contribution in [-0.2, 0) is 14.8 Å². The molecule has 4 rings (SSSR count). The molecule has 9 nitrogen and oxygen atoms in total. The van der Waals surface area contributed by atoms with Gasteiger partial charge in [0.2, 0.25) is 5.88 Å². The number of hydrogen-bond donors (Lipinski definition) is 2. The Labute approximate surface area is 228 Å². The van der Waals surface area contributed by atoms with Crippen molar-refractivity contribution >= 4 is 33.9 Å². The van der Waals surface area contributed by atoms with Crippen molar-refractivity contribution in [2.24, 2.45) is 10.7 Å². The molecule has 1 aliphatic carbocycles. The topological polar surface area (TPSA) is 127 Å². The summed E-state index contributed by atoms with van der Waals surface area (Å²) >= 11 is 0. The van der Waals surface area contributed by atoms with Crippen molar-refractivity contribution in [2.45, 2.75) is 50.0 Å². The number of amides is 1. The van der Waals surface area contributed by atoms with Crippen molar-refractivity contribution in [3.8, 4) is 5.88 Å². The number of aromatic nitrogens is 1. The fourth-order valence-corrected chi connectivity index (χ4v) is 6.01. The smallest absolute Gasteiger partial charge is 0.262 e. The van der Waals surface area contributed by atoms with Gasteiger partial charge in [-0.3, -0.25) is 14.5 Å². The van der Waals surface area contributed by atoms with Crippen molar-refractivity contribution < 1.29 is 22.3 Å². The van der Waals surface area contributed by atoms with E-state index in [-0.39, 0.29) is 35.0 Å². The monoisotopic (exact) mass is 553 g/mol. The summed E-state index contributed by atoms with van der Waals surface area (Å²) in [6.07, 6.45) is 9.26. The van der Waals surface area contributed by atoms with Gasteiger partial charge in [-0.2, -0.15) is 0 Å². The molecule has 1 fully saturated rings. The number of nitrogens with zero attached hydrogens (tertiary/aromatic N) is 3. The summed E-state index contributed by atoms with van der Waals surface area (Å²) in [4.78, 5) is 24.2. The number of sulfonamides is 1. The number of halogens is 1. The molecule has 2 aromatic rings. The predicted octanol–water partition coefficient (Wildman–Crippen LogP) is 4.41. The predicted molar refractivity (Wildman–Crippen MR) is 149 cm³/mol. The van der Waals surface area contributed by atoms with Crippen LogP contribution in [0.15, 0.2) is 75.5 Å². The maximum absolute atomic E-state index is 14.2. The van der Waals surface area contributed by atoms with Crippen LogP contribution in [0.5, 0.6) is 5.88 Å². The summed E-state index contributed by atoms with van der Waals surface area (Å²) in [6.45, 7) is 5.77. The number of methoxy groups -OCH3 is 1. The van der Waals surface area contributed by atoms with Gasteiger partial charge in [-0.25, -0.2) is 17.8 Å². The molecule has 1 saturated carbocycles. The van der Waals surface area contributed by atoms with Crippen molar-refractivity contribution in [3.05, 3.63) is 77.0 Å². The highest BCUT2D eigenvalue weighted by molar-refractivity contribution is 7.92. The third-order valence-corrected chi connectivity index (χ3v) is 8.31. The minimum Gasteiger partial charge on any atom is -0.480 e. The van der Waals surface area contributed by atoms with Gasteiger partial charge >= 0.3 is 0 Å². The first-order valence-corrected chi connectivity index (χ1v) is 14.1. The molecule has 0 radical (unpaired) electrons. The van der Waals surface area contributed by atoms with Crippen molar-refractivity contribution in [3.63, 3.8) is 0 Å². The lowest BCUT2D eigenvalue weighted by atomic mass is 10.0. The Morgan fingerprint density at radius 3 is 2.62 bits per heavy atom. The van der Waals surface area contributed by atoms with Gasteiger partial charge in [-0.15, -0.1) is 0 Å². The van der Waals surface area contributed by atoms with E-state index in [0.717, 1.165) is 61.2 Å². The Bertz CT molecular complexity index is 1460. The molecule has 206 valence electrons. The number of nitrogens with two attached hydrogens (primary N) is 1. The van der Waals surface area contributed by atoms with Gasteiger partial charge in [0, 0.05) is 46.9 Å². The number of carbonyl (C=O) groups excluding carboxylic acids is 1. The average Bonchev–Trinajstić information content (AvgIpc) is 3.40. The van der Waals surface area contributed by atoms with Gasteiger partial charge in [0.1, 0.15) is 11.5 Å². The highest BCUT2D eigenvalue weighted by Gasteiger charge is 2.35. The van der Waals surface area contributed by atoms with Gasteiger partial charge in [-0.1, -0.05) is 18.9 Å². The molecular weight excluding hydrogens is 521 g/mol. The maximum atomic E-state index is 14.2. The normalized spacial score (nSPS) is 19.1. The second-order valence-electron chi connectivity index (χ2n) is 9.32. The number of ether oxygens (including phenoxy) is 1. The van der Waals surface area contributed by atoms with Gasteiger partial charge in [0.25, 0.3) is 15.9 Å². The molecule has 0 saturated heterocycles. The zero-order valence-corrected chi connectivity index (χ0v) is 22.8. The van der Waals surface area contributed by atoms with Crippen LogP contribution in [0.4, 0.5) is 10.1 Å². The van der Waals surface area contributed by atoms with Crippen LogP contribution in [-0.4, -0.2) is 50.6 Å². The molecule has 0 atom stereocenters. The molecular formula is C28H32FN5O4S. The number of pyridine rings is 1. The third-order valence-electron chi connectivity index (χ3n) is 6.93. The molecule has 39 heavy (non-hydrogen) atoms. The van der Waals surface area contributed by atoms with Gasteiger partial charge in [-0.05, 0) is 69.3 Å². The lowest BCUT2D eigenvalue weighted by Gasteiger charge is -2.32. The molecule has 2 aliphatic rings. The number of rotatable bonds is 8. The molecule has 0 bridgehead atoms. The van der Waals surface area contributed by atoms with Crippen LogP contribution in [0.3, 0.4) is 0 Å². The number of hydrogen-bond acceptors (Lipinski definition) is 7. The van der Waals surface area contributed by atoms with Crippen LogP contribution in [0.1, 0.15) is 44.6 Å². The Morgan fingerprint density at radius 2 is 2.00 bits per heavy atom. The number of allylic oxidation sites excluding steroid dienone is 3. The number of carbonyl (C=O) groups is 1. The first kappa shape index (κ1) is 28.2.